The number of hydrogen-bond donors (Lipinski definition) is 1. The van der Waals surface area contributed by atoms with Crippen molar-refractivity contribution in [3.63, 3.8) is 0 Å². The average molecular weight is 381 g/mol. The Bertz CT molecular complexity index is 351. The van der Waals surface area contributed by atoms with E-state index in [1.807, 2.05) is 0 Å². The molecule has 0 spiro atoms. The minimum atomic E-state index is -4.35. The molecule has 1 aromatic rings. The second-order valence-corrected chi connectivity index (χ2v) is 4.43. The lowest BCUT2D eigenvalue weighted by molar-refractivity contribution is -0.138. The third-order valence-corrected chi connectivity index (χ3v) is 4.41. The summed E-state index contributed by atoms with van der Waals surface area (Å²) in [5.41, 5.74) is -0.246. The Labute approximate surface area is 101 Å². The Morgan fingerprint density at radius 2 is 1.93 bits per heavy atom. The Morgan fingerprint density at radius 3 is 2.36 bits per heavy atom. The van der Waals surface area contributed by atoms with E-state index in [-0.39, 0.29) is 10.2 Å². The van der Waals surface area contributed by atoms with Gasteiger partial charge in [0.1, 0.15) is 0 Å². The average Bonchev–Trinajstić information content (AvgIpc) is 2.07. The fourth-order valence-corrected chi connectivity index (χ4v) is 2.23. The van der Waals surface area contributed by atoms with Crippen molar-refractivity contribution in [3.8, 4) is 0 Å². The van der Waals surface area contributed by atoms with Gasteiger partial charge in [-0.1, -0.05) is 6.07 Å². The number of halogens is 5. The summed E-state index contributed by atoms with van der Waals surface area (Å²) in [6, 6.07) is 2.23. The normalized spacial score (nSPS) is 11.9. The highest BCUT2D eigenvalue weighted by atomic mass is 127. The summed E-state index contributed by atoms with van der Waals surface area (Å²) in [7, 11) is 0. The molecule has 0 fully saturated rings. The molecule has 0 atom stereocenters. The van der Waals surface area contributed by atoms with Gasteiger partial charge in [-0.2, -0.15) is 13.2 Å². The third kappa shape index (κ3) is 2.40. The van der Waals surface area contributed by atoms with Crippen LogP contribution in [-0.4, -0.2) is 5.11 Å². The van der Waals surface area contributed by atoms with Crippen LogP contribution in [0.25, 0.3) is 0 Å². The van der Waals surface area contributed by atoms with Crippen LogP contribution in [0.4, 0.5) is 13.2 Å². The van der Waals surface area contributed by atoms with Crippen molar-refractivity contribution in [1.82, 2.24) is 0 Å². The molecule has 0 saturated heterocycles. The number of rotatable bonds is 1. The van der Waals surface area contributed by atoms with Gasteiger partial charge < -0.3 is 5.11 Å². The molecule has 1 nitrogen and oxygen atoms in total. The molecule has 0 unspecified atom stereocenters. The molecule has 0 aromatic heterocycles. The quantitative estimate of drug-likeness (QED) is 0.738. The van der Waals surface area contributed by atoms with Crippen molar-refractivity contribution in [3.05, 3.63) is 31.3 Å². The molecule has 0 bridgehead atoms. The molecule has 0 heterocycles. The number of alkyl halides is 3. The highest BCUT2D eigenvalue weighted by Crippen LogP contribution is 2.37. The van der Waals surface area contributed by atoms with E-state index in [0.717, 1.165) is 6.07 Å². The Balaban J connectivity index is 3.31. The van der Waals surface area contributed by atoms with E-state index in [2.05, 4.69) is 15.9 Å². The molecule has 14 heavy (non-hydrogen) atoms. The van der Waals surface area contributed by atoms with Crippen molar-refractivity contribution >= 4 is 38.5 Å². The Hall–Kier alpha value is 0.180. The summed E-state index contributed by atoms with van der Waals surface area (Å²) in [5, 5.41) is 8.82. The van der Waals surface area contributed by atoms with E-state index in [0.29, 0.717) is 10.0 Å². The molecule has 0 saturated carbocycles. The van der Waals surface area contributed by atoms with Gasteiger partial charge in [-0.25, -0.2) is 0 Å². The number of aliphatic hydroxyl groups excluding tert-OH is 1. The van der Waals surface area contributed by atoms with Crippen molar-refractivity contribution in [1.29, 1.82) is 0 Å². The van der Waals surface area contributed by atoms with Gasteiger partial charge in [0.15, 0.2) is 0 Å². The molecule has 1 rings (SSSR count). The monoisotopic (exact) mass is 380 g/mol. The SMILES string of the molecule is OCc1ccc(C(F)(F)F)c(I)c1Br. The molecule has 0 aliphatic carbocycles. The lowest BCUT2D eigenvalue weighted by Gasteiger charge is -2.12. The minimum Gasteiger partial charge on any atom is -0.392 e. The van der Waals surface area contributed by atoms with Crippen molar-refractivity contribution in [2.45, 2.75) is 12.8 Å². The van der Waals surface area contributed by atoms with Crippen LogP contribution in [-0.2, 0) is 12.8 Å². The molecule has 78 valence electrons. The summed E-state index contributed by atoms with van der Waals surface area (Å²) in [6.45, 7) is -0.283. The van der Waals surface area contributed by atoms with Crippen LogP contribution >= 0.6 is 38.5 Å². The standard InChI is InChI=1S/C8H5BrF3IO/c9-6-4(3-14)1-2-5(7(6)13)8(10,11)12/h1-2,14H,3H2. The fraction of sp³-hybridized carbons (Fsp3) is 0.250. The first-order chi connectivity index (χ1) is 6.38. The van der Waals surface area contributed by atoms with Crippen LogP contribution in [0.1, 0.15) is 11.1 Å². The minimum absolute atomic E-state index is 0.0710. The van der Waals surface area contributed by atoms with E-state index in [1.165, 1.54) is 6.07 Å². The second kappa shape index (κ2) is 4.36. The summed E-state index contributed by atoms with van der Waals surface area (Å²) >= 11 is 4.62. The number of hydrogen-bond acceptors (Lipinski definition) is 1. The molecule has 1 N–H and O–H groups in total. The molecular formula is C8H5BrF3IO. The predicted molar refractivity (Wildman–Crippen MR) is 57.8 cm³/mol. The summed E-state index contributed by atoms with van der Waals surface area (Å²) < 4.78 is 37.5. The molecule has 0 aliphatic rings. The molecule has 0 aliphatic heterocycles. The van der Waals surface area contributed by atoms with Crippen LogP contribution in [0.2, 0.25) is 0 Å². The maximum Gasteiger partial charge on any atom is 0.417 e. The van der Waals surface area contributed by atoms with Gasteiger partial charge in [-0.3, -0.25) is 0 Å². The van der Waals surface area contributed by atoms with Gasteiger partial charge >= 0.3 is 6.18 Å². The zero-order valence-corrected chi connectivity index (χ0v) is 10.4. The maximum absolute atomic E-state index is 12.4. The zero-order valence-electron chi connectivity index (χ0n) is 6.70. The van der Waals surface area contributed by atoms with E-state index >= 15 is 0 Å². The molecule has 0 radical (unpaired) electrons. The first kappa shape index (κ1) is 12.3. The Morgan fingerprint density at radius 1 is 1.36 bits per heavy atom. The van der Waals surface area contributed by atoms with E-state index in [4.69, 9.17) is 5.11 Å². The van der Waals surface area contributed by atoms with E-state index < -0.39 is 11.7 Å². The van der Waals surface area contributed by atoms with Gasteiger partial charge in [0, 0.05) is 8.04 Å². The van der Waals surface area contributed by atoms with Crippen molar-refractivity contribution in [2.24, 2.45) is 0 Å². The van der Waals surface area contributed by atoms with Crippen LogP contribution in [0, 0.1) is 3.57 Å². The summed E-state index contributed by atoms with van der Waals surface area (Å²) in [4.78, 5) is 0. The molecule has 6 heteroatoms. The zero-order chi connectivity index (χ0) is 10.9. The topological polar surface area (TPSA) is 20.2 Å². The van der Waals surface area contributed by atoms with Crippen LogP contribution in [0.5, 0.6) is 0 Å². The van der Waals surface area contributed by atoms with Gasteiger partial charge in [0.05, 0.1) is 12.2 Å². The Kier molecular flexibility index (Phi) is 3.81. The molecule has 0 amide bonds. The van der Waals surface area contributed by atoms with Crippen LogP contribution in [0.15, 0.2) is 16.6 Å². The lowest BCUT2D eigenvalue weighted by Crippen LogP contribution is -2.08. The predicted octanol–water partition coefficient (Wildman–Crippen LogP) is 3.56. The van der Waals surface area contributed by atoms with Gasteiger partial charge in [-0.15, -0.1) is 0 Å². The van der Waals surface area contributed by atoms with Gasteiger partial charge in [0.25, 0.3) is 0 Å². The maximum atomic E-state index is 12.4. The number of benzene rings is 1. The van der Waals surface area contributed by atoms with Gasteiger partial charge in [0.2, 0.25) is 0 Å². The molecule has 1 aromatic carbocycles. The second-order valence-electron chi connectivity index (χ2n) is 2.56. The van der Waals surface area contributed by atoms with Crippen LogP contribution in [0.3, 0.4) is 0 Å². The van der Waals surface area contributed by atoms with E-state index in [1.54, 1.807) is 22.6 Å². The van der Waals surface area contributed by atoms with E-state index in [9.17, 15) is 13.2 Å². The first-order valence-electron chi connectivity index (χ1n) is 3.53. The fourth-order valence-electron chi connectivity index (χ4n) is 0.930. The number of aliphatic hydroxyl groups is 1. The van der Waals surface area contributed by atoms with Crippen LogP contribution < -0.4 is 0 Å². The largest absolute Gasteiger partial charge is 0.417 e. The highest BCUT2D eigenvalue weighted by Gasteiger charge is 2.33. The highest BCUT2D eigenvalue weighted by molar-refractivity contribution is 14.1. The third-order valence-electron chi connectivity index (χ3n) is 1.64. The molecular weight excluding hydrogens is 376 g/mol. The van der Waals surface area contributed by atoms with Crippen molar-refractivity contribution < 1.29 is 18.3 Å². The van der Waals surface area contributed by atoms with Crippen molar-refractivity contribution in [2.75, 3.05) is 0 Å². The summed E-state index contributed by atoms with van der Waals surface area (Å²) in [5.74, 6) is 0. The van der Waals surface area contributed by atoms with Gasteiger partial charge in [-0.05, 0) is 50.2 Å². The summed E-state index contributed by atoms with van der Waals surface area (Å²) in [6.07, 6.45) is -4.35. The smallest absolute Gasteiger partial charge is 0.392 e. The first-order valence-corrected chi connectivity index (χ1v) is 5.40. The lowest BCUT2D eigenvalue weighted by atomic mass is 10.1.